The van der Waals surface area contributed by atoms with E-state index in [1.54, 1.807) is 6.08 Å². The number of thiocarbonyl (C=S) groups is 1. The van der Waals surface area contributed by atoms with Gasteiger partial charge >= 0.3 is 0 Å². The number of carbonyl (C=O) groups excluding carboxylic acids is 1. The Balaban J connectivity index is 4.21. The predicted molar refractivity (Wildman–Crippen MR) is 91.8 cm³/mol. The molecular formula is C15H27NO2S2. The first kappa shape index (κ1) is 19.4. The van der Waals surface area contributed by atoms with E-state index in [1.807, 2.05) is 13.8 Å². The lowest BCUT2D eigenvalue weighted by Gasteiger charge is -2.20. The molecule has 0 unspecified atom stereocenters. The van der Waals surface area contributed by atoms with Gasteiger partial charge in [0.25, 0.3) is 5.12 Å². The Labute approximate surface area is 132 Å². The molecule has 3 nitrogen and oxygen atoms in total. The first-order valence-corrected chi connectivity index (χ1v) is 8.30. The number of nitrogens with two attached hydrogens (primary N) is 1. The van der Waals surface area contributed by atoms with Gasteiger partial charge in [0.15, 0.2) is 5.76 Å². The molecule has 20 heavy (non-hydrogen) atoms. The molecule has 0 aliphatic rings. The van der Waals surface area contributed by atoms with Crippen LogP contribution in [0, 0.1) is 11.3 Å². The molecule has 0 rings (SSSR count). The van der Waals surface area contributed by atoms with Crippen molar-refractivity contribution in [3.8, 4) is 0 Å². The Morgan fingerprint density at radius 3 is 2.45 bits per heavy atom. The van der Waals surface area contributed by atoms with Crippen LogP contribution in [0.3, 0.4) is 0 Å². The highest BCUT2D eigenvalue weighted by molar-refractivity contribution is 8.33. The quantitative estimate of drug-likeness (QED) is 0.297. The molecule has 0 aromatic carbocycles. The van der Waals surface area contributed by atoms with Crippen LogP contribution < -0.4 is 5.73 Å². The molecule has 116 valence electrons. The van der Waals surface area contributed by atoms with Crippen LogP contribution in [-0.2, 0) is 4.79 Å². The van der Waals surface area contributed by atoms with Gasteiger partial charge in [-0.2, -0.15) is 0 Å². The van der Waals surface area contributed by atoms with Gasteiger partial charge < -0.3 is 10.8 Å². The van der Waals surface area contributed by atoms with Crippen molar-refractivity contribution in [2.45, 2.75) is 59.8 Å². The van der Waals surface area contributed by atoms with Crippen LogP contribution in [0.2, 0.25) is 0 Å². The molecule has 3 N–H and O–H groups in total. The Bertz CT molecular complexity index is 363. The lowest BCUT2D eigenvalue weighted by molar-refractivity contribution is -0.110. The summed E-state index contributed by atoms with van der Waals surface area (Å²) in [5, 5.41) is 9.27. The number of hydrogen-bond acceptors (Lipinski definition) is 4. The summed E-state index contributed by atoms with van der Waals surface area (Å²) in [7, 11) is 0. The van der Waals surface area contributed by atoms with E-state index in [0.717, 1.165) is 18.8 Å². The normalized spacial score (nSPS) is 12.8. The molecule has 0 saturated heterocycles. The Morgan fingerprint density at radius 1 is 1.35 bits per heavy atom. The average molecular weight is 318 g/mol. The molecule has 0 fully saturated rings. The van der Waals surface area contributed by atoms with Crippen LogP contribution in [0.25, 0.3) is 0 Å². The summed E-state index contributed by atoms with van der Waals surface area (Å²) < 4.78 is 0.0291. The molecule has 0 heterocycles. The van der Waals surface area contributed by atoms with E-state index in [2.05, 4.69) is 26.1 Å². The Hall–Kier alpha value is -0.550. The van der Waals surface area contributed by atoms with Gasteiger partial charge in [-0.15, -0.1) is 0 Å². The van der Waals surface area contributed by atoms with E-state index in [1.165, 1.54) is 19.3 Å². The average Bonchev–Trinajstić information content (AvgIpc) is 2.26. The third kappa shape index (κ3) is 10.3. The van der Waals surface area contributed by atoms with Gasteiger partial charge in [0.05, 0.1) is 0 Å². The van der Waals surface area contributed by atoms with E-state index in [9.17, 15) is 9.90 Å². The summed E-state index contributed by atoms with van der Waals surface area (Å²) in [6.07, 6.45) is 7.33. The van der Waals surface area contributed by atoms with E-state index in [4.69, 9.17) is 5.73 Å². The summed E-state index contributed by atoms with van der Waals surface area (Å²) in [6.45, 7) is 8.50. The second-order valence-electron chi connectivity index (χ2n) is 6.22. The molecule has 0 aliphatic heterocycles. The van der Waals surface area contributed by atoms with Crippen LogP contribution in [0.4, 0.5) is 0 Å². The number of thioether (sulfide) groups is 1. The summed E-state index contributed by atoms with van der Waals surface area (Å²) >= 11 is 5.32. The molecule has 0 aromatic rings. The van der Waals surface area contributed by atoms with E-state index in [0.29, 0.717) is 11.8 Å². The first-order chi connectivity index (χ1) is 9.14. The predicted octanol–water partition coefficient (Wildman–Crippen LogP) is 4.56. The first-order valence-electron chi connectivity index (χ1n) is 7.07. The largest absolute Gasteiger partial charge is 0.504 e. The zero-order chi connectivity index (χ0) is 15.8. The lowest BCUT2D eigenvalue weighted by atomic mass is 9.86. The maximum atomic E-state index is 11.6. The number of allylic oxidation sites excluding steroid dienone is 1. The van der Waals surface area contributed by atoms with Crippen LogP contribution in [-0.4, -0.2) is 14.5 Å². The smallest absolute Gasteiger partial charge is 0.260 e. The summed E-state index contributed by atoms with van der Waals surface area (Å²) in [6, 6.07) is 0. The van der Waals surface area contributed by atoms with Gasteiger partial charge in [-0.05, 0) is 35.6 Å². The van der Waals surface area contributed by atoms with Gasteiger partial charge in [0.2, 0.25) is 0 Å². The molecule has 0 aliphatic carbocycles. The minimum Gasteiger partial charge on any atom is -0.504 e. The summed E-state index contributed by atoms with van der Waals surface area (Å²) in [5.74, 6) is 0.497. The maximum Gasteiger partial charge on any atom is 0.260 e. The zero-order valence-electron chi connectivity index (χ0n) is 12.9. The van der Waals surface area contributed by atoms with Crippen molar-refractivity contribution in [3.05, 3.63) is 11.8 Å². The van der Waals surface area contributed by atoms with Crippen LogP contribution in [0.1, 0.15) is 59.8 Å². The third-order valence-electron chi connectivity index (χ3n) is 3.03. The number of rotatable bonds is 8. The molecule has 0 saturated carbocycles. The topological polar surface area (TPSA) is 63.3 Å². The number of carbonyl (C=O) groups is 1. The fourth-order valence-electron chi connectivity index (χ4n) is 1.95. The Morgan fingerprint density at radius 2 is 1.95 bits per heavy atom. The summed E-state index contributed by atoms with van der Waals surface area (Å²) in [5.41, 5.74) is 5.07. The van der Waals surface area contributed by atoms with Gasteiger partial charge in [0.1, 0.15) is 4.32 Å². The number of unbranched alkanes of at least 4 members (excludes halogenated alkanes) is 2. The molecule has 0 atom stereocenters. The van der Waals surface area contributed by atoms with Crippen molar-refractivity contribution in [2.24, 2.45) is 17.1 Å². The van der Waals surface area contributed by atoms with Crippen molar-refractivity contribution in [2.75, 3.05) is 0 Å². The van der Waals surface area contributed by atoms with E-state index >= 15 is 0 Å². The molecule has 0 amide bonds. The van der Waals surface area contributed by atoms with E-state index in [-0.39, 0.29) is 15.5 Å². The highest BCUT2D eigenvalue weighted by Crippen LogP contribution is 2.28. The van der Waals surface area contributed by atoms with Crippen molar-refractivity contribution in [1.82, 2.24) is 0 Å². The highest BCUT2D eigenvalue weighted by Gasteiger charge is 2.19. The fraction of sp³-hybridized carbons (Fsp3) is 0.733. The number of aliphatic hydroxyl groups excluding tert-OH is 1. The molecule has 0 aromatic heterocycles. The van der Waals surface area contributed by atoms with Gasteiger partial charge in [-0.3, -0.25) is 4.79 Å². The monoisotopic (exact) mass is 317 g/mol. The molecular weight excluding hydrogens is 290 g/mol. The zero-order valence-corrected chi connectivity index (χ0v) is 14.6. The van der Waals surface area contributed by atoms with Crippen LogP contribution in [0.5, 0.6) is 0 Å². The van der Waals surface area contributed by atoms with Gasteiger partial charge in [0, 0.05) is 0 Å². The van der Waals surface area contributed by atoms with Gasteiger partial charge in [-0.1, -0.05) is 65.6 Å². The molecule has 0 radical (unpaired) electrons. The fourth-order valence-corrected chi connectivity index (χ4v) is 2.53. The Kier molecular flexibility index (Phi) is 9.14. The number of hydrogen-bond donors (Lipinski definition) is 2. The van der Waals surface area contributed by atoms with Crippen molar-refractivity contribution in [3.63, 3.8) is 0 Å². The molecule has 0 bridgehead atoms. The maximum absolute atomic E-state index is 11.6. The minimum absolute atomic E-state index is 0.0291. The van der Waals surface area contributed by atoms with Gasteiger partial charge in [-0.25, -0.2) is 0 Å². The van der Waals surface area contributed by atoms with Crippen molar-refractivity contribution < 1.29 is 9.90 Å². The molecule has 0 spiro atoms. The third-order valence-corrected chi connectivity index (χ3v) is 3.88. The lowest BCUT2D eigenvalue weighted by Crippen LogP contribution is -2.13. The molecule has 5 heteroatoms. The van der Waals surface area contributed by atoms with E-state index < -0.39 is 5.12 Å². The highest BCUT2D eigenvalue weighted by atomic mass is 32.2. The van der Waals surface area contributed by atoms with Crippen LogP contribution >= 0.6 is 24.0 Å². The van der Waals surface area contributed by atoms with Crippen molar-refractivity contribution in [1.29, 1.82) is 0 Å². The summed E-state index contributed by atoms with van der Waals surface area (Å²) in [4.78, 5) is 11.6. The standard InChI is InChI=1S/C15H27NO2S2/c1-11(2)8-6-5-7-9-15(3,4)10-12(17)13(18)20-14(16)19/h10-11,17H,5-9H2,1-4H3,(H2,16,19). The number of aliphatic hydroxyl groups is 1. The SMILES string of the molecule is CC(C)CCCCCC(C)(C)C=C(O)C(=O)SC(N)=S. The van der Waals surface area contributed by atoms with Crippen molar-refractivity contribution >= 4 is 33.4 Å². The second-order valence-corrected chi connectivity index (χ2v) is 7.93. The minimum atomic E-state index is -0.481. The second kappa shape index (κ2) is 9.40. The van der Waals surface area contributed by atoms with Crippen LogP contribution in [0.15, 0.2) is 11.8 Å².